The first-order chi connectivity index (χ1) is 9.88. The van der Waals surface area contributed by atoms with E-state index < -0.39 is 0 Å². The molecule has 0 amide bonds. The monoisotopic (exact) mass is 269 g/mol. The maximum atomic E-state index is 5.01. The van der Waals surface area contributed by atoms with Crippen LogP contribution in [0.2, 0.25) is 0 Å². The van der Waals surface area contributed by atoms with Gasteiger partial charge in [0.25, 0.3) is 0 Å². The molecule has 6 heteroatoms. The molecule has 0 saturated carbocycles. The Bertz CT molecular complexity index is 695. The number of rotatable bonds is 5. The molecule has 0 aliphatic rings. The molecule has 0 saturated heterocycles. The number of fused-ring (bicyclic) bond motifs is 1. The van der Waals surface area contributed by atoms with Crippen LogP contribution in [-0.4, -0.2) is 39.8 Å². The summed E-state index contributed by atoms with van der Waals surface area (Å²) >= 11 is 0. The summed E-state index contributed by atoms with van der Waals surface area (Å²) in [6, 6.07) is 7.73. The number of hydrogen-bond acceptors (Lipinski definition) is 5. The van der Waals surface area contributed by atoms with Gasteiger partial charge >= 0.3 is 0 Å². The second-order valence-corrected chi connectivity index (χ2v) is 4.29. The first-order valence-corrected chi connectivity index (χ1v) is 6.36. The lowest BCUT2D eigenvalue weighted by Crippen LogP contribution is -2.10. The maximum Gasteiger partial charge on any atom is 0.154 e. The van der Waals surface area contributed by atoms with E-state index in [9.17, 15) is 0 Å². The topological polar surface area (TPSA) is 64.3 Å². The zero-order chi connectivity index (χ0) is 13.8. The Hall–Kier alpha value is -2.47. The van der Waals surface area contributed by atoms with Gasteiger partial charge in [0.15, 0.2) is 5.65 Å². The lowest BCUT2D eigenvalue weighted by atomic mass is 10.2. The van der Waals surface area contributed by atoms with E-state index in [4.69, 9.17) is 4.74 Å². The third-order valence-corrected chi connectivity index (χ3v) is 2.95. The maximum absolute atomic E-state index is 5.01. The minimum absolute atomic E-state index is 0.640. The molecule has 1 N–H and O–H groups in total. The number of anilines is 1. The van der Waals surface area contributed by atoms with Gasteiger partial charge in [0.2, 0.25) is 0 Å². The second-order valence-electron chi connectivity index (χ2n) is 4.29. The van der Waals surface area contributed by atoms with E-state index in [0.29, 0.717) is 13.2 Å². The van der Waals surface area contributed by atoms with Crippen LogP contribution in [0.25, 0.3) is 16.9 Å². The molecule has 0 aliphatic carbocycles. The number of hydrogen-bond donors (Lipinski definition) is 1. The van der Waals surface area contributed by atoms with Crippen molar-refractivity contribution in [2.24, 2.45) is 0 Å². The largest absolute Gasteiger partial charge is 0.383 e. The second kappa shape index (κ2) is 5.66. The van der Waals surface area contributed by atoms with Crippen LogP contribution in [0.3, 0.4) is 0 Å². The number of imidazole rings is 1. The number of nitrogens with one attached hydrogen (secondary N) is 1. The van der Waals surface area contributed by atoms with E-state index in [1.165, 1.54) is 0 Å². The van der Waals surface area contributed by atoms with E-state index in [1.54, 1.807) is 19.5 Å². The van der Waals surface area contributed by atoms with Gasteiger partial charge in [-0.3, -0.25) is 4.98 Å². The molecule has 0 aromatic carbocycles. The van der Waals surface area contributed by atoms with Gasteiger partial charge in [-0.15, -0.1) is 5.10 Å². The summed E-state index contributed by atoms with van der Waals surface area (Å²) < 4.78 is 6.84. The molecule has 3 rings (SSSR count). The number of pyridine rings is 1. The molecule has 3 heterocycles. The van der Waals surface area contributed by atoms with Crippen molar-refractivity contribution in [2.45, 2.75) is 0 Å². The summed E-state index contributed by atoms with van der Waals surface area (Å²) in [4.78, 5) is 8.39. The summed E-state index contributed by atoms with van der Waals surface area (Å²) in [6.45, 7) is 1.36. The summed E-state index contributed by atoms with van der Waals surface area (Å²) in [5, 5.41) is 7.76. The summed E-state index contributed by atoms with van der Waals surface area (Å²) in [5.74, 6) is 0.794. The highest BCUT2D eigenvalue weighted by atomic mass is 16.5. The van der Waals surface area contributed by atoms with Crippen LogP contribution in [0.4, 0.5) is 5.82 Å². The van der Waals surface area contributed by atoms with Crippen LogP contribution < -0.4 is 5.32 Å². The Morgan fingerprint density at radius 2 is 2.05 bits per heavy atom. The molecule has 0 spiro atoms. The van der Waals surface area contributed by atoms with Crippen molar-refractivity contribution in [2.75, 3.05) is 25.6 Å². The summed E-state index contributed by atoms with van der Waals surface area (Å²) in [7, 11) is 1.68. The van der Waals surface area contributed by atoms with E-state index >= 15 is 0 Å². The molecular formula is C14H15N5O. The third kappa shape index (κ3) is 2.46. The van der Waals surface area contributed by atoms with E-state index in [2.05, 4.69) is 20.4 Å². The van der Waals surface area contributed by atoms with Crippen LogP contribution in [0.15, 0.2) is 42.9 Å². The Balaban J connectivity index is 1.96. The van der Waals surface area contributed by atoms with Crippen molar-refractivity contribution in [1.82, 2.24) is 19.6 Å². The average Bonchev–Trinajstić information content (AvgIpc) is 2.91. The van der Waals surface area contributed by atoms with Gasteiger partial charge in [-0.2, -0.15) is 0 Å². The summed E-state index contributed by atoms with van der Waals surface area (Å²) in [5.41, 5.74) is 2.79. The molecular weight excluding hydrogens is 254 g/mol. The first-order valence-electron chi connectivity index (χ1n) is 6.36. The predicted molar refractivity (Wildman–Crippen MR) is 76.6 cm³/mol. The molecule has 20 heavy (non-hydrogen) atoms. The van der Waals surface area contributed by atoms with E-state index in [0.717, 1.165) is 22.7 Å². The van der Waals surface area contributed by atoms with Gasteiger partial charge < -0.3 is 10.1 Å². The number of aromatic nitrogens is 4. The average molecular weight is 269 g/mol. The minimum atomic E-state index is 0.640. The fourth-order valence-electron chi connectivity index (χ4n) is 1.97. The highest BCUT2D eigenvalue weighted by Crippen LogP contribution is 2.19. The highest BCUT2D eigenvalue weighted by molar-refractivity contribution is 5.62. The molecule has 0 unspecified atom stereocenters. The van der Waals surface area contributed by atoms with Crippen molar-refractivity contribution in [1.29, 1.82) is 0 Å². The molecule has 0 atom stereocenters. The van der Waals surface area contributed by atoms with Crippen molar-refractivity contribution < 1.29 is 4.74 Å². The van der Waals surface area contributed by atoms with E-state index in [1.807, 2.05) is 35.0 Å². The third-order valence-electron chi connectivity index (χ3n) is 2.95. The molecule has 6 nitrogen and oxygen atoms in total. The lowest BCUT2D eigenvalue weighted by Gasteiger charge is -2.06. The number of ether oxygens (including phenoxy) is 1. The smallest absolute Gasteiger partial charge is 0.154 e. The molecule has 0 bridgehead atoms. The molecule has 0 fully saturated rings. The molecule has 0 aliphatic heterocycles. The van der Waals surface area contributed by atoms with Crippen molar-refractivity contribution in [3.63, 3.8) is 0 Å². The van der Waals surface area contributed by atoms with Crippen molar-refractivity contribution >= 4 is 11.5 Å². The standard InChI is InChI=1S/C14H15N5O/c1-20-9-8-16-13-2-3-14-17-10-12(19(14)18-13)11-4-6-15-7-5-11/h2-7,10H,8-9H2,1H3,(H,16,18). The quantitative estimate of drug-likeness (QED) is 0.716. The van der Waals surface area contributed by atoms with Gasteiger partial charge in [0.05, 0.1) is 18.5 Å². The van der Waals surface area contributed by atoms with Gasteiger partial charge in [0, 0.05) is 31.6 Å². The van der Waals surface area contributed by atoms with Gasteiger partial charge in [-0.25, -0.2) is 9.50 Å². The Labute approximate surface area is 116 Å². The fraction of sp³-hybridized carbons (Fsp3) is 0.214. The van der Waals surface area contributed by atoms with Crippen molar-refractivity contribution in [3.8, 4) is 11.3 Å². The van der Waals surface area contributed by atoms with Crippen LogP contribution in [-0.2, 0) is 4.74 Å². The van der Waals surface area contributed by atoms with E-state index in [-0.39, 0.29) is 0 Å². The summed E-state index contributed by atoms with van der Waals surface area (Å²) in [6.07, 6.45) is 5.33. The van der Waals surface area contributed by atoms with Crippen LogP contribution >= 0.6 is 0 Å². The van der Waals surface area contributed by atoms with Crippen LogP contribution in [0.5, 0.6) is 0 Å². The minimum Gasteiger partial charge on any atom is -0.383 e. The predicted octanol–water partition coefficient (Wildman–Crippen LogP) is 1.85. The van der Waals surface area contributed by atoms with Crippen LogP contribution in [0.1, 0.15) is 0 Å². The SMILES string of the molecule is COCCNc1ccc2ncc(-c3ccncc3)n2n1. The fourth-order valence-corrected chi connectivity index (χ4v) is 1.97. The Morgan fingerprint density at radius 3 is 2.85 bits per heavy atom. The zero-order valence-electron chi connectivity index (χ0n) is 11.2. The Kier molecular flexibility index (Phi) is 3.56. The normalized spacial score (nSPS) is 10.8. The first kappa shape index (κ1) is 12.6. The zero-order valence-corrected chi connectivity index (χ0v) is 11.2. The van der Waals surface area contributed by atoms with Crippen molar-refractivity contribution in [3.05, 3.63) is 42.9 Å². The number of nitrogens with zero attached hydrogens (tertiary/aromatic N) is 4. The lowest BCUT2D eigenvalue weighted by molar-refractivity contribution is 0.210. The van der Waals surface area contributed by atoms with Gasteiger partial charge in [-0.1, -0.05) is 0 Å². The van der Waals surface area contributed by atoms with Gasteiger partial charge in [-0.05, 0) is 24.3 Å². The van der Waals surface area contributed by atoms with Gasteiger partial charge in [0.1, 0.15) is 5.82 Å². The molecule has 102 valence electrons. The highest BCUT2D eigenvalue weighted by Gasteiger charge is 2.07. The number of methoxy groups -OCH3 is 1. The van der Waals surface area contributed by atoms with Crippen LogP contribution in [0, 0.1) is 0 Å². The molecule has 0 radical (unpaired) electrons. The molecule has 3 aromatic heterocycles. The molecule has 3 aromatic rings. The Morgan fingerprint density at radius 1 is 1.20 bits per heavy atom.